The summed E-state index contributed by atoms with van der Waals surface area (Å²) in [5, 5.41) is 19.4. The number of carbonyl (C=O) groups excluding carboxylic acids is 3. The van der Waals surface area contributed by atoms with Crippen LogP contribution >= 0.6 is 0 Å². The first-order valence-corrected chi connectivity index (χ1v) is 11.6. The maximum Gasteiger partial charge on any atom is 0.242 e. The van der Waals surface area contributed by atoms with Crippen molar-refractivity contribution in [2.75, 3.05) is 13.2 Å². The van der Waals surface area contributed by atoms with Gasteiger partial charge in [0.15, 0.2) is 0 Å². The van der Waals surface area contributed by atoms with Gasteiger partial charge in [0, 0.05) is 18.9 Å². The molecule has 4 atom stereocenters. The summed E-state index contributed by atoms with van der Waals surface area (Å²) in [7, 11) is 0. The van der Waals surface area contributed by atoms with Crippen LogP contribution in [0.2, 0.25) is 0 Å². The van der Waals surface area contributed by atoms with Crippen molar-refractivity contribution in [3.63, 3.8) is 0 Å². The quantitative estimate of drug-likeness (QED) is 0.475. The highest BCUT2D eigenvalue weighted by atomic mass is 16.5. The topological polar surface area (TPSA) is 117 Å². The van der Waals surface area contributed by atoms with Gasteiger partial charge in [-0.1, -0.05) is 32.4 Å². The number of aliphatic hydroxyl groups is 1. The van der Waals surface area contributed by atoms with E-state index < -0.39 is 24.1 Å². The highest BCUT2D eigenvalue weighted by Gasteiger charge is 2.28. The van der Waals surface area contributed by atoms with E-state index in [0.717, 1.165) is 18.4 Å². The molecule has 8 nitrogen and oxygen atoms in total. The number of hydrogen-bond acceptors (Lipinski definition) is 5. The molecule has 8 heteroatoms. The van der Waals surface area contributed by atoms with Crippen LogP contribution in [-0.4, -0.2) is 54.2 Å². The van der Waals surface area contributed by atoms with Crippen LogP contribution in [0, 0.1) is 5.92 Å². The van der Waals surface area contributed by atoms with Crippen LogP contribution in [0.1, 0.15) is 58.4 Å². The van der Waals surface area contributed by atoms with Gasteiger partial charge in [0.2, 0.25) is 17.7 Å². The van der Waals surface area contributed by atoms with Gasteiger partial charge in [-0.05, 0) is 50.3 Å². The van der Waals surface area contributed by atoms with Gasteiger partial charge in [0.1, 0.15) is 11.8 Å². The number of carbonyl (C=O) groups is 3. The Kier molecular flexibility index (Phi) is 10.5. The summed E-state index contributed by atoms with van der Waals surface area (Å²) < 4.78 is 5.74. The zero-order valence-electron chi connectivity index (χ0n) is 19.4. The van der Waals surface area contributed by atoms with Gasteiger partial charge in [0.05, 0.1) is 18.8 Å². The number of benzene rings is 1. The van der Waals surface area contributed by atoms with Gasteiger partial charge in [-0.3, -0.25) is 14.4 Å². The van der Waals surface area contributed by atoms with Crippen molar-refractivity contribution in [1.82, 2.24) is 16.0 Å². The van der Waals surface area contributed by atoms with E-state index in [2.05, 4.69) is 22.9 Å². The zero-order chi connectivity index (χ0) is 23.5. The van der Waals surface area contributed by atoms with Crippen LogP contribution in [0.3, 0.4) is 0 Å². The van der Waals surface area contributed by atoms with Crippen molar-refractivity contribution >= 4 is 17.7 Å². The van der Waals surface area contributed by atoms with E-state index in [1.54, 1.807) is 13.8 Å². The number of ether oxygens (including phenoxy) is 1. The molecule has 4 N–H and O–H groups in total. The maximum absolute atomic E-state index is 12.7. The number of rotatable bonds is 7. The smallest absolute Gasteiger partial charge is 0.242 e. The molecule has 3 amide bonds. The minimum absolute atomic E-state index is 0.110. The minimum atomic E-state index is -0.939. The second kappa shape index (κ2) is 13.1. The fourth-order valence-electron chi connectivity index (χ4n) is 3.61. The lowest BCUT2D eigenvalue weighted by Crippen LogP contribution is -2.52. The van der Waals surface area contributed by atoms with E-state index in [9.17, 15) is 19.5 Å². The fourth-order valence-corrected chi connectivity index (χ4v) is 3.61. The summed E-state index contributed by atoms with van der Waals surface area (Å²) in [6.07, 6.45) is 2.34. The van der Waals surface area contributed by atoms with E-state index >= 15 is 0 Å². The Hall–Kier alpha value is -2.61. The van der Waals surface area contributed by atoms with Crippen molar-refractivity contribution in [3.8, 4) is 5.75 Å². The van der Waals surface area contributed by atoms with Crippen molar-refractivity contribution in [1.29, 1.82) is 0 Å². The van der Waals surface area contributed by atoms with E-state index in [1.165, 1.54) is 0 Å². The SMILES string of the molecule is CCCCNC(=O)C(C)CC(O)C1Cc2cccc(c2)OCCCC(=O)N[C@@H](C)C(=O)N1. The number of amides is 3. The average Bonchev–Trinajstić information content (AvgIpc) is 2.75. The first-order valence-electron chi connectivity index (χ1n) is 11.6. The molecule has 1 aromatic rings. The molecular formula is C24H37N3O5. The third kappa shape index (κ3) is 8.49. The molecule has 1 heterocycles. The number of aliphatic hydroxyl groups excluding tert-OH is 1. The third-order valence-corrected chi connectivity index (χ3v) is 5.61. The molecule has 3 unspecified atom stereocenters. The van der Waals surface area contributed by atoms with Crippen molar-refractivity contribution in [2.24, 2.45) is 5.92 Å². The van der Waals surface area contributed by atoms with Crippen LogP contribution < -0.4 is 20.7 Å². The largest absolute Gasteiger partial charge is 0.494 e. The molecule has 1 aromatic carbocycles. The standard InChI is InChI=1S/C24H37N3O5/c1-4-5-11-25-23(30)16(2)13-21(28)20-15-18-8-6-9-19(14-18)32-12-7-10-22(29)26-17(3)24(31)27-20/h6,8-9,14,16-17,20-21,28H,4-5,7,10-13,15H2,1-3H3,(H,25,30)(H,26,29)(H,27,31)/t16?,17-,20?,21?/m0/s1. The van der Waals surface area contributed by atoms with E-state index in [4.69, 9.17) is 4.74 Å². The molecule has 0 spiro atoms. The van der Waals surface area contributed by atoms with Crippen molar-refractivity contribution < 1.29 is 24.2 Å². The Labute approximate surface area is 190 Å². The lowest BCUT2D eigenvalue weighted by molar-refractivity contribution is -0.130. The van der Waals surface area contributed by atoms with Crippen LogP contribution in [0.15, 0.2) is 24.3 Å². The molecule has 0 aromatic heterocycles. The zero-order valence-corrected chi connectivity index (χ0v) is 19.4. The predicted octanol–water partition coefficient (Wildman–Crippen LogP) is 1.69. The highest BCUT2D eigenvalue weighted by molar-refractivity contribution is 5.87. The van der Waals surface area contributed by atoms with Crippen LogP contribution in [-0.2, 0) is 20.8 Å². The highest BCUT2D eigenvalue weighted by Crippen LogP contribution is 2.19. The first kappa shape index (κ1) is 25.6. The molecular weight excluding hydrogens is 410 g/mol. The predicted molar refractivity (Wildman–Crippen MR) is 122 cm³/mol. The summed E-state index contributed by atoms with van der Waals surface area (Å²) in [6.45, 7) is 6.45. The third-order valence-electron chi connectivity index (χ3n) is 5.61. The van der Waals surface area contributed by atoms with E-state index in [1.807, 2.05) is 24.3 Å². The summed E-state index contributed by atoms with van der Waals surface area (Å²) >= 11 is 0. The molecule has 1 aliphatic rings. The second-order valence-electron chi connectivity index (χ2n) is 8.56. The summed E-state index contributed by atoms with van der Waals surface area (Å²) in [5.41, 5.74) is 0.903. The molecule has 0 fully saturated rings. The number of unbranched alkanes of at least 4 members (excludes halogenated alkanes) is 1. The van der Waals surface area contributed by atoms with Crippen molar-refractivity contribution in [2.45, 2.75) is 77.5 Å². The maximum atomic E-state index is 12.7. The lowest BCUT2D eigenvalue weighted by Gasteiger charge is -2.28. The Morgan fingerprint density at radius 3 is 2.84 bits per heavy atom. The van der Waals surface area contributed by atoms with Crippen LogP contribution in [0.25, 0.3) is 0 Å². The number of nitrogens with one attached hydrogen (secondary N) is 3. The Morgan fingerprint density at radius 1 is 1.31 bits per heavy atom. The molecule has 1 aliphatic heterocycles. The first-order chi connectivity index (χ1) is 15.3. The van der Waals surface area contributed by atoms with E-state index in [-0.39, 0.29) is 30.6 Å². The number of hydrogen-bond donors (Lipinski definition) is 4. The van der Waals surface area contributed by atoms with Gasteiger partial charge < -0.3 is 25.8 Å². The summed E-state index contributed by atoms with van der Waals surface area (Å²) in [6, 6.07) is 6.14. The van der Waals surface area contributed by atoms with Crippen molar-refractivity contribution in [3.05, 3.63) is 29.8 Å². The molecule has 2 rings (SSSR count). The van der Waals surface area contributed by atoms with Crippen LogP contribution in [0.4, 0.5) is 0 Å². The fraction of sp³-hybridized carbons (Fsp3) is 0.625. The van der Waals surface area contributed by atoms with Gasteiger partial charge >= 0.3 is 0 Å². The molecule has 2 bridgehead atoms. The molecule has 32 heavy (non-hydrogen) atoms. The second-order valence-corrected chi connectivity index (χ2v) is 8.56. The molecule has 0 saturated heterocycles. The van der Waals surface area contributed by atoms with Gasteiger partial charge in [-0.25, -0.2) is 0 Å². The molecule has 0 radical (unpaired) electrons. The average molecular weight is 448 g/mol. The minimum Gasteiger partial charge on any atom is -0.494 e. The van der Waals surface area contributed by atoms with E-state index in [0.29, 0.717) is 31.7 Å². The van der Waals surface area contributed by atoms with Crippen LogP contribution in [0.5, 0.6) is 5.75 Å². The molecule has 0 saturated carbocycles. The van der Waals surface area contributed by atoms with Gasteiger partial charge in [0.25, 0.3) is 0 Å². The Morgan fingerprint density at radius 2 is 2.09 bits per heavy atom. The Balaban J connectivity index is 2.15. The normalized spacial score (nSPS) is 21.9. The monoisotopic (exact) mass is 447 g/mol. The van der Waals surface area contributed by atoms with Gasteiger partial charge in [-0.15, -0.1) is 0 Å². The molecule has 0 aliphatic carbocycles. The lowest BCUT2D eigenvalue weighted by atomic mass is 9.93. The Bertz CT molecular complexity index is 770. The summed E-state index contributed by atoms with van der Waals surface area (Å²) in [5.74, 6) is -0.431. The molecule has 178 valence electrons. The summed E-state index contributed by atoms with van der Waals surface area (Å²) in [4.78, 5) is 37.1. The van der Waals surface area contributed by atoms with Gasteiger partial charge in [-0.2, -0.15) is 0 Å². The number of fused-ring (bicyclic) bond motifs is 2.